The maximum Gasteiger partial charge on any atom is 0.194 e. The second-order valence-electron chi connectivity index (χ2n) is 4.21. The summed E-state index contributed by atoms with van der Waals surface area (Å²) < 4.78 is 0. The maximum absolute atomic E-state index is 10.2. The van der Waals surface area contributed by atoms with E-state index in [-0.39, 0.29) is 21.7 Å². The Kier molecular flexibility index (Phi) is 3.99. The van der Waals surface area contributed by atoms with Crippen molar-refractivity contribution in [2.45, 2.75) is 0 Å². The van der Waals surface area contributed by atoms with Crippen LogP contribution in [0, 0.1) is 0 Å². The maximum atomic E-state index is 10.2. The highest BCUT2D eigenvalue weighted by Crippen LogP contribution is 2.34. The van der Waals surface area contributed by atoms with Gasteiger partial charge in [0, 0.05) is 5.39 Å². The van der Waals surface area contributed by atoms with E-state index >= 15 is 0 Å². The van der Waals surface area contributed by atoms with Crippen molar-refractivity contribution in [2.24, 2.45) is 10.3 Å². The number of phenols is 1. The molecule has 0 bridgehead atoms. The monoisotopic (exact) mass is 334 g/mol. The van der Waals surface area contributed by atoms with Gasteiger partial charge < -0.3 is 5.11 Å². The van der Waals surface area contributed by atoms with Gasteiger partial charge in [0.2, 0.25) is 0 Å². The van der Waals surface area contributed by atoms with Gasteiger partial charge >= 0.3 is 0 Å². The third-order valence-electron chi connectivity index (χ3n) is 2.86. The molecule has 0 aliphatic heterocycles. The zero-order chi connectivity index (χ0) is 15.5. The molecule has 110 valence electrons. The molecule has 7 nitrogen and oxygen atoms in total. The number of nitrogens with zero attached hydrogens (tertiary/aromatic N) is 5. The zero-order valence-electron chi connectivity index (χ0n) is 10.9. The van der Waals surface area contributed by atoms with Crippen LogP contribution < -0.4 is 5.43 Å². The van der Waals surface area contributed by atoms with Crippen molar-refractivity contribution in [3.05, 3.63) is 46.6 Å². The van der Waals surface area contributed by atoms with Gasteiger partial charge in [-0.25, -0.2) is 5.43 Å². The minimum Gasteiger partial charge on any atom is -0.505 e. The Morgan fingerprint density at radius 3 is 2.73 bits per heavy atom. The Hall–Kier alpha value is -2.51. The van der Waals surface area contributed by atoms with Crippen molar-refractivity contribution in [3.8, 4) is 5.75 Å². The molecule has 0 saturated heterocycles. The highest BCUT2D eigenvalue weighted by atomic mass is 35.5. The number of phenolic OH excluding ortho intramolecular Hbond substituents is 1. The van der Waals surface area contributed by atoms with Gasteiger partial charge in [0.15, 0.2) is 16.7 Å². The van der Waals surface area contributed by atoms with Crippen molar-refractivity contribution in [1.82, 2.24) is 15.4 Å². The summed E-state index contributed by atoms with van der Waals surface area (Å²) in [6, 6.07) is 10.9. The van der Waals surface area contributed by atoms with Crippen LogP contribution in [0.1, 0.15) is 0 Å². The molecule has 0 saturated carbocycles. The first-order valence-corrected chi connectivity index (χ1v) is 6.84. The Labute approximate surface area is 134 Å². The highest BCUT2D eigenvalue weighted by Gasteiger charge is 2.08. The Morgan fingerprint density at radius 1 is 1.05 bits per heavy atom. The molecule has 3 aromatic rings. The highest BCUT2D eigenvalue weighted by molar-refractivity contribution is 6.42. The van der Waals surface area contributed by atoms with E-state index < -0.39 is 0 Å². The van der Waals surface area contributed by atoms with Crippen molar-refractivity contribution < 1.29 is 5.11 Å². The topological polar surface area (TPSA) is 95.7 Å². The van der Waals surface area contributed by atoms with Gasteiger partial charge in [-0.2, -0.15) is 0 Å². The molecular formula is C13H8Cl2N6O. The smallest absolute Gasteiger partial charge is 0.194 e. The van der Waals surface area contributed by atoms with Crippen LogP contribution in [0.25, 0.3) is 10.8 Å². The van der Waals surface area contributed by atoms with Crippen LogP contribution in [0.5, 0.6) is 5.75 Å². The van der Waals surface area contributed by atoms with Crippen LogP contribution in [0.15, 0.2) is 46.7 Å². The average Bonchev–Trinajstić information content (AvgIpc) is 2.54. The van der Waals surface area contributed by atoms with Crippen LogP contribution in [-0.4, -0.2) is 20.5 Å². The number of aromatic hydroxyl groups is 1. The summed E-state index contributed by atoms with van der Waals surface area (Å²) in [4.78, 5) is 0. The van der Waals surface area contributed by atoms with E-state index in [2.05, 4.69) is 31.2 Å². The summed E-state index contributed by atoms with van der Waals surface area (Å²) in [5.74, 6) is 0.152. The van der Waals surface area contributed by atoms with Crippen molar-refractivity contribution in [2.75, 3.05) is 5.43 Å². The fraction of sp³-hybridized carbons (Fsp3) is 0. The normalized spacial score (nSPS) is 11.2. The molecule has 0 unspecified atom stereocenters. The van der Waals surface area contributed by atoms with Gasteiger partial charge in [-0.05, 0) is 16.7 Å². The molecule has 0 aliphatic rings. The first-order chi connectivity index (χ1) is 10.7. The number of hydrogen-bond donors (Lipinski definition) is 2. The molecule has 2 aromatic carbocycles. The molecule has 0 amide bonds. The van der Waals surface area contributed by atoms with E-state index in [0.717, 1.165) is 5.39 Å². The minimum absolute atomic E-state index is 0.00270. The van der Waals surface area contributed by atoms with Crippen LogP contribution in [0.4, 0.5) is 11.5 Å². The third kappa shape index (κ3) is 2.76. The number of hydrogen-bond acceptors (Lipinski definition) is 6. The molecule has 0 aliphatic carbocycles. The fourth-order valence-electron chi connectivity index (χ4n) is 1.81. The van der Waals surface area contributed by atoms with Crippen molar-refractivity contribution in [1.29, 1.82) is 0 Å². The van der Waals surface area contributed by atoms with Crippen molar-refractivity contribution in [3.63, 3.8) is 0 Å². The lowest BCUT2D eigenvalue weighted by molar-refractivity contribution is 0.482. The molecule has 0 fully saturated rings. The van der Waals surface area contributed by atoms with Crippen LogP contribution in [0.3, 0.4) is 0 Å². The van der Waals surface area contributed by atoms with Gasteiger partial charge in [-0.1, -0.05) is 58.8 Å². The second-order valence-corrected chi connectivity index (χ2v) is 4.95. The number of halogens is 2. The Balaban J connectivity index is 1.87. The number of rotatable bonds is 3. The predicted octanol–water partition coefficient (Wildman–Crippen LogP) is 4.15. The average molecular weight is 335 g/mol. The Bertz CT molecular complexity index is 870. The molecule has 0 spiro atoms. The van der Waals surface area contributed by atoms with Crippen LogP contribution >= 0.6 is 23.2 Å². The molecule has 0 radical (unpaired) electrons. The summed E-state index contributed by atoms with van der Waals surface area (Å²) in [6.07, 6.45) is 0. The largest absolute Gasteiger partial charge is 0.505 e. The SMILES string of the molecule is Oc1c(/N=N/Nc2nnnc(Cl)c2Cl)ccc2ccccc12. The summed E-state index contributed by atoms with van der Waals surface area (Å²) in [5.41, 5.74) is 2.80. The summed E-state index contributed by atoms with van der Waals surface area (Å²) in [6.45, 7) is 0. The molecule has 9 heteroatoms. The molecule has 0 atom stereocenters. The minimum atomic E-state index is 0.00270. The summed E-state index contributed by atoms with van der Waals surface area (Å²) in [5, 5.41) is 30.0. The first-order valence-electron chi connectivity index (χ1n) is 6.08. The first kappa shape index (κ1) is 14.4. The molecule has 3 rings (SSSR count). The van der Waals surface area contributed by atoms with E-state index in [1.165, 1.54) is 0 Å². The van der Waals surface area contributed by atoms with E-state index in [0.29, 0.717) is 11.1 Å². The number of anilines is 1. The van der Waals surface area contributed by atoms with Gasteiger partial charge in [-0.15, -0.1) is 15.3 Å². The summed E-state index contributed by atoms with van der Waals surface area (Å²) in [7, 11) is 0. The fourth-order valence-corrected chi connectivity index (χ4v) is 2.05. The van der Waals surface area contributed by atoms with Gasteiger partial charge in [0.05, 0.1) is 0 Å². The lowest BCUT2D eigenvalue weighted by atomic mass is 10.1. The quantitative estimate of drug-likeness (QED) is 0.554. The lowest BCUT2D eigenvalue weighted by Gasteiger charge is -2.03. The number of aromatic nitrogens is 3. The number of fused-ring (bicyclic) bond motifs is 1. The summed E-state index contributed by atoms with van der Waals surface area (Å²) >= 11 is 11.6. The second kappa shape index (κ2) is 6.08. The van der Waals surface area contributed by atoms with Crippen molar-refractivity contribution >= 4 is 45.5 Å². The predicted molar refractivity (Wildman–Crippen MR) is 83.6 cm³/mol. The third-order valence-corrected chi connectivity index (χ3v) is 3.58. The van der Waals surface area contributed by atoms with Gasteiger partial charge in [0.25, 0.3) is 0 Å². The van der Waals surface area contributed by atoms with E-state index in [9.17, 15) is 5.11 Å². The van der Waals surface area contributed by atoms with E-state index in [1.807, 2.05) is 24.3 Å². The van der Waals surface area contributed by atoms with Gasteiger partial charge in [-0.3, -0.25) is 0 Å². The Morgan fingerprint density at radius 2 is 1.86 bits per heavy atom. The number of nitrogens with one attached hydrogen (secondary N) is 1. The molecule has 1 heterocycles. The van der Waals surface area contributed by atoms with E-state index in [1.54, 1.807) is 12.1 Å². The van der Waals surface area contributed by atoms with Crippen LogP contribution in [-0.2, 0) is 0 Å². The molecule has 1 aromatic heterocycles. The molecule has 2 N–H and O–H groups in total. The standard InChI is InChI=1S/C13H8Cl2N6O/c14-10-12(15)17-21-19-13(10)18-20-16-9-6-5-7-3-1-2-4-8(7)11(9)22/h1-6,22H,(H,16,17,18,19). The zero-order valence-corrected chi connectivity index (χ0v) is 12.4. The van der Waals surface area contributed by atoms with Crippen LogP contribution in [0.2, 0.25) is 10.2 Å². The lowest BCUT2D eigenvalue weighted by Crippen LogP contribution is -1.97. The van der Waals surface area contributed by atoms with E-state index in [4.69, 9.17) is 23.2 Å². The molecular weight excluding hydrogens is 327 g/mol. The molecule has 22 heavy (non-hydrogen) atoms. The van der Waals surface area contributed by atoms with Gasteiger partial charge in [0.1, 0.15) is 10.7 Å². The number of benzene rings is 2.